The van der Waals surface area contributed by atoms with Gasteiger partial charge in [0.2, 0.25) is 0 Å². The summed E-state index contributed by atoms with van der Waals surface area (Å²) in [4.78, 5) is 0. The molecule has 0 saturated carbocycles. The van der Waals surface area contributed by atoms with Crippen LogP contribution in [-0.2, 0) is 4.74 Å². The molecule has 0 aromatic heterocycles. The Labute approximate surface area is 152 Å². The molecule has 0 unspecified atom stereocenters. The maximum atomic E-state index is 8.74. The third-order valence-corrected chi connectivity index (χ3v) is 9.10. The summed E-state index contributed by atoms with van der Waals surface area (Å²) in [5.74, 6) is 0. The lowest BCUT2D eigenvalue weighted by atomic mass is 10.3. The van der Waals surface area contributed by atoms with Gasteiger partial charge in [0.05, 0.1) is 25.7 Å². The zero-order valence-electron chi connectivity index (χ0n) is 14.8. The van der Waals surface area contributed by atoms with Crippen LogP contribution in [-0.4, -0.2) is 21.3 Å². The summed E-state index contributed by atoms with van der Waals surface area (Å²) < 4.78 is 5.83. The Morgan fingerprint density at radius 3 is 2.12 bits per heavy atom. The highest BCUT2D eigenvalue weighted by atomic mass is 28.3. The molecular weight excluding hydrogens is 322 g/mol. The van der Waals surface area contributed by atoms with Crippen molar-refractivity contribution in [2.45, 2.75) is 19.4 Å². The van der Waals surface area contributed by atoms with Crippen LogP contribution in [0, 0.1) is 11.3 Å². The van der Waals surface area contributed by atoms with Crippen LogP contribution in [0.1, 0.15) is 12.8 Å². The molecule has 0 radical (unpaired) electrons. The fourth-order valence-electron chi connectivity index (χ4n) is 3.01. The third-order valence-electron chi connectivity index (χ3n) is 4.49. The molecule has 2 rings (SSSR count). The molecule has 0 heterocycles. The maximum Gasteiger partial charge on any atom is 0.143 e. The largest absolute Gasteiger partial charge is 0.376 e. The van der Waals surface area contributed by atoms with Crippen molar-refractivity contribution in [1.82, 2.24) is 0 Å². The summed E-state index contributed by atoms with van der Waals surface area (Å²) >= 11 is 0. The molecule has 0 aliphatic heterocycles. The number of benzene rings is 2. The molecule has 0 aliphatic carbocycles. The molecule has 0 aliphatic rings. The van der Waals surface area contributed by atoms with Gasteiger partial charge in [-0.2, -0.15) is 5.26 Å². The number of rotatable bonds is 9. The van der Waals surface area contributed by atoms with Crippen molar-refractivity contribution < 1.29 is 4.74 Å². The first kappa shape index (κ1) is 18.9. The average Bonchev–Trinajstić information content (AvgIpc) is 2.68. The van der Waals surface area contributed by atoms with E-state index in [0.29, 0.717) is 19.6 Å². The Bertz CT molecular complexity index is 692. The number of ether oxygens (including phenoxy) is 1. The second-order valence-electron chi connectivity index (χ2n) is 6.07. The minimum absolute atomic E-state index is 0.420. The minimum atomic E-state index is -2.12. The van der Waals surface area contributed by atoms with E-state index in [1.165, 1.54) is 15.6 Å². The van der Waals surface area contributed by atoms with Crippen LogP contribution in [0.2, 0.25) is 6.55 Å². The minimum Gasteiger partial charge on any atom is -0.376 e. The molecule has 3 heteroatoms. The highest BCUT2D eigenvalue weighted by Crippen LogP contribution is 2.18. The molecule has 0 amide bonds. The van der Waals surface area contributed by atoms with Gasteiger partial charge in [0.15, 0.2) is 0 Å². The second kappa shape index (κ2) is 9.78. The van der Waals surface area contributed by atoms with E-state index in [9.17, 15) is 0 Å². The zero-order valence-corrected chi connectivity index (χ0v) is 15.8. The summed E-state index contributed by atoms with van der Waals surface area (Å²) in [5.41, 5.74) is 0. The molecule has 2 aromatic carbocycles. The van der Waals surface area contributed by atoms with Crippen LogP contribution in [0.5, 0.6) is 0 Å². The lowest BCUT2D eigenvalue weighted by Crippen LogP contribution is -2.58. The number of nitriles is 1. The van der Waals surface area contributed by atoms with Crippen LogP contribution < -0.4 is 10.4 Å². The van der Waals surface area contributed by atoms with Gasteiger partial charge in [-0.1, -0.05) is 79.4 Å². The Balaban J connectivity index is 2.47. The van der Waals surface area contributed by atoms with Crippen LogP contribution in [0.25, 0.3) is 0 Å². The lowest BCUT2D eigenvalue weighted by Gasteiger charge is -2.32. The topological polar surface area (TPSA) is 33.0 Å². The Morgan fingerprint density at radius 2 is 1.64 bits per heavy atom. The van der Waals surface area contributed by atoms with E-state index in [0.717, 1.165) is 6.42 Å². The molecule has 25 heavy (non-hydrogen) atoms. The molecule has 0 spiro atoms. The number of nitrogens with zero attached hydrogens (tertiary/aromatic N) is 1. The second-order valence-corrected chi connectivity index (χ2v) is 10.1. The van der Waals surface area contributed by atoms with Gasteiger partial charge < -0.3 is 4.74 Å². The van der Waals surface area contributed by atoms with Gasteiger partial charge in [-0.05, 0) is 22.0 Å². The SMILES string of the molecule is C=CCC=C(COCCC#N)[Si](C)(c1ccccc1)c1ccccc1. The van der Waals surface area contributed by atoms with Crippen LogP contribution >= 0.6 is 0 Å². The van der Waals surface area contributed by atoms with E-state index in [-0.39, 0.29) is 0 Å². The van der Waals surface area contributed by atoms with Crippen molar-refractivity contribution >= 4 is 18.4 Å². The molecular formula is C22H25NOSi. The van der Waals surface area contributed by atoms with Crippen molar-refractivity contribution in [2.75, 3.05) is 13.2 Å². The van der Waals surface area contributed by atoms with Gasteiger partial charge in [0.25, 0.3) is 0 Å². The monoisotopic (exact) mass is 347 g/mol. The average molecular weight is 348 g/mol. The van der Waals surface area contributed by atoms with Crippen molar-refractivity contribution in [3.8, 4) is 6.07 Å². The summed E-state index contributed by atoms with van der Waals surface area (Å²) in [6.45, 7) is 7.26. The van der Waals surface area contributed by atoms with Crippen molar-refractivity contribution in [3.05, 3.63) is 84.6 Å². The first-order valence-corrected chi connectivity index (χ1v) is 11.1. The van der Waals surface area contributed by atoms with Crippen LogP contribution in [0.15, 0.2) is 84.6 Å². The fourth-order valence-corrected chi connectivity index (χ4v) is 6.72. The van der Waals surface area contributed by atoms with Gasteiger partial charge in [-0.15, -0.1) is 6.58 Å². The summed E-state index contributed by atoms with van der Waals surface area (Å²) in [7, 11) is -2.12. The normalized spacial score (nSPS) is 11.8. The van der Waals surface area contributed by atoms with E-state index in [4.69, 9.17) is 10.00 Å². The zero-order chi connectivity index (χ0) is 18.0. The van der Waals surface area contributed by atoms with E-state index >= 15 is 0 Å². The number of hydrogen-bond donors (Lipinski definition) is 0. The fraction of sp³-hybridized carbons (Fsp3) is 0.227. The van der Waals surface area contributed by atoms with E-state index in [1.807, 2.05) is 6.08 Å². The summed E-state index contributed by atoms with van der Waals surface area (Å²) in [5, 5.41) is 12.8. The Hall–Kier alpha value is -2.41. The van der Waals surface area contributed by atoms with Crippen molar-refractivity contribution in [3.63, 3.8) is 0 Å². The van der Waals surface area contributed by atoms with Gasteiger partial charge in [0.1, 0.15) is 8.07 Å². The van der Waals surface area contributed by atoms with Crippen LogP contribution in [0.3, 0.4) is 0 Å². The molecule has 2 nitrogen and oxygen atoms in total. The molecule has 2 aromatic rings. The smallest absolute Gasteiger partial charge is 0.143 e. The lowest BCUT2D eigenvalue weighted by molar-refractivity contribution is 0.165. The van der Waals surface area contributed by atoms with Gasteiger partial charge in [-0.3, -0.25) is 0 Å². The molecule has 0 N–H and O–H groups in total. The molecule has 0 bridgehead atoms. The van der Waals surface area contributed by atoms with Gasteiger partial charge >= 0.3 is 0 Å². The first-order chi connectivity index (χ1) is 12.2. The molecule has 0 fully saturated rings. The Kier molecular flexibility index (Phi) is 7.40. The van der Waals surface area contributed by atoms with Gasteiger partial charge in [-0.25, -0.2) is 0 Å². The van der Waals surface area contributed by atoms with Gasteiger partial charge in [0, 0.05) is 0 Å². The number of allylic oxidation sites excluding steroid dienone is 2. The van der Waals surface area contributed by atoms with E-state index < -0.39 is 8.07 Å². The molecule has 0 atom stereocenters. The third kappa shape index (κ3) is 4.79. The first-order valence-electron chi connectivity index (χ1n) is 8.59. The number of hydrogen-bond acceptors (Lipinski definition) is 2. The van der Waals surface area contributed by atoms with E-state index in [2.05, 4.69) is 85.9 Å². The highest BCUT2D eigenvalue weighted by molar-refractivity contribution is 7.06. The molecule has 128 valence electrons. The summed E-state index contributed by atoms with van der Waals surface area (Å²) in [6, 6.07) is 23.5. The maximum absolute atomic E-state index is 8.74. The predicted molar refractivity (Wildman–Crippen MR) is 108 cm³/mol. The quantitative estimate of drug-likeness (QED) is 0.392. The summed E-state index contributed by atoms with van der Waals surface area (Å²) in [6.07, 6.45) is 5.41. The van der Waals surface area contributed by atoms with Crippen molar-refractivity contribution in [2.24, 2.45) is 0 Å². The molecule has 0 saturated heterocycles. The highest BCUT2D eigenvalue weighted by Gasteiger charge is 2.35. The standard InChI is InChI=1S/C22H25NOSi/c1-3-4-12-22(19-24-18-11-17-23)25(2,20-13-7-5-8-14-20)21-15-9-6-10-16-21/h3,5-10,12-16H,1,4,11,18-19H2,2H3. The Morgan fingerprint density at radius 1 is 1.08 bits per heavy atom. The van der Waals surface area contributed by atoms with Crippen molar-refractivity contribution in [1.29, 1.82) is 5.26 Å². The van der Waals surface area contributed by atoms with E-state index in [1.54, 1.807) is 0 Å². The predicted octanol–water partition coefficient (Wildman–Crippen LogP) is 3.85. The van der Waals surface area contributed by atoms with Crippen LogP contribution in [0.4, 0.5) is 0 Å².